The standard InChI is InChI=1S/C25H29FP/c1-20-12-4-7-15-23(20)27(19-11-10-18-26,24-16-8-5-13-21(24)2)25-17-9-6-14-22(25)3/h4-9,12-17H,10-11,18-19H2,1-3H3/q+1/i26-1. The molecule has 3 aromatic rings. The van der Waals surface area contributed by atoms with Crippen molar-refractivity contribution in [1.29, 1.82) is 0 Å². The van der Waals surface area contributed by atoms with E-state index in [0.717, 1.165) is 12.6 Å². The molecule has 0 unspecified atom stereocenters. The summed E-state index contributed by atoms with van der Waals surface area (Å²) < 4.78 is 13.0. The van der Waals surface area contributed by atoms with Crippen molar-refractivity contribution in [2.75, 3.05) is 12.8 Å². The topological polar surface area (TPSA) is 0 Å². The minimum atomic E-state index is -1.86. The second kappa shape index (κ2) is 8.81. The molecule has 3 rings (SSSR count). The number of benzene rings is 3. The normalized spacial score (nSPS) is 11.6. The molecule has 0 aliphatic carbocycles. The van der Waals surface area contributed by atoms with E-state index in [4.69, 9.17) is 0 Å². The molecule has 0 saturated carbocycles. The summed E-state index contributed by atoms with van der Waals surface area (Å²) in [6.07, 6.45) is 2.55. The predicted octanol–water partition coefficient (Wildman–Crippen LogP) is 5.66. The van der Waals surface area contributed by atoms with Crippen molar-refractivity contribution in [3.8, 4) is 0 Å². The van der Waals surface area contributed by atoms with Crippen LogP contribution in [-0.4, -0.2) is 12.8 Å². The number of unbranched alkanes of at least 4 members (excludes halogenated alkanes) is 1. The lowest BCUT2D eigenvalue weighted by Crippen LogP contribution is -2.37. The molecule has 0 amide bonds. The first-order valence-corrected chi connectivity index (χ1v) is 11.7. The number of hydrogen-bond donors (Lipinski definition) is 0. The van der Waals surface area contributed by atoms with Crippen molar-refractivity contribution < 1.29 is 4.39 Å². The van der Waals surface area contributed by atoms with Crippen LogP contribution >= 0.6 is 7.26 Å². The maximum absolute atomic E-state index is 13.0. The van der Waals surface area contributed by atoms with E-state index in [2.05, 4.69) is 93.6 Å². The van der Waals surface area contributed by atoms with Gasteiger partial charge in [-0.3, -0.25) is 4.39 Å². The van der Waals surface area contributed by atoms with Crippen molar-refractivity contribution in [2.45, 2.75) is 33.6 Å². The predicted molar refractivity (Wildman–Crippen MR) is 119 cm³/mol. The first kappa shape index (κ1) is 19.8. The van der Waals surface area contributed by atoms with Crippen molar-refractivity contribution in [3.63, 3.8) is 0 Å². The molecule has 0 aromatic heterocycles. The molecular formula is C25H29FP+. The molecule has 0 spiro atoms. The highest BCUT2D eigenvalue weighted by Gasteiger charge is 2.47. The molecule has 0 fully saturated rings. The lowest BCUT2D eigenvalue weighted by atomic mass is 10.2. The van der Waals surface area contributed by atoms with Gasteiger partial charge in [0.15, 0.2) is 0 Å². The van der Waals surface area contributed by atoms with E-state index in [1.807, 2.05) is 0 Å². The fourth-order valence-corrected chi connectivity index (χ4v) is 9.42. The Kier molecular flexibility index (Phi) is 6.45. The Morgan fingerprint density at radius 2 is 0.963 bits per heavy atom. The lowest BCUT2D eigenvalue weighted by Gasteiger charge is -2.31. The van der Waals surface area contributed by atoms with Crippen LogP contribution in [0.25, 0.3) is 0 Å². The Labute approximate surface area is 163 Å². The van der Waals surface area contributed by atoms with Gasteiger partial charge in [0.2, 0.25) is 0 Å². The van der Waals surface area contributed by atoms with E-state index in [1.54, 1.807) is 0 Å². The van der Waals surface area contributed by atoms with Crippen LogP contribution < -0.4 is 15.9 Å². The number of aryl methyl sites for hydroxylation is 3. The Bertz CT molecular complexity index is 789. The van der Waals surface area contributed by atoms with Gasteiger partial charge < -0.3 is 0 Å². The van der Waals surface area contributed by atoms with Gasteiger partial charge in [-0.25, -0.2) is 0 Å². The summed E-state index contributed by atoms with van der Waals surface area (Å²) in [7, 11) is -1.86. The third-order valence-corrected chi connectivity index (χ3v) is 10.4. The van der Waals surface area contributed by atoms with Crippen LogP contribution in [0, 0.1) is 20.8 Å². The third kappa shape index (κ3) is 3.85. The van der Waals surface area contributed by atoms with Gasteiger partial charge in [0, 0.05) is 0 Å². The fourth-order valence-electron chi connectivity index (χ4n) is 4.17. The molecule has 0 aliphatic heterocycles. The average molecular weight is 378 g/mol. The first-order chi connectivity index (χ1) is 13.1. The van der Waals surface area contributed by atoms with E-state index in [9.17, 15) is 4.39 Å². The Balaban J connectivity index is 2.37. The lowest BCUT2D eigenvalue weighted by molar-refractivity contribution is 0.470. The molecule has 0 N–H and O–H groups in total. The van der Waals surface area contributed by atoms with Crippen LogP contribution in [-0.2, 0) is 0 Å². The highest BCUT2D eigenvalue weighted by molar-refractivity contribution is 7.96. The van der Waals surface area contributed by atoms with Crippen molar-refractivity contribution in [2.24, 2.45) is 0 Å². The molecular weight excluding hydrogens is 349 g/mol. The molecule has 140 valence electrons. The molecule has 2 heteroatoms. The summed E-state index contributed by atoms with van der Waals surface area (Å²) in [5.74, 6) is 0. The highest BCUT2D eigenvalue weighted by atomic mass is 31.2. The maximum Gasteiger partial charge on any atom is 0.112 e. The second-order valence-electron chi connectivity index (χ2n) is 7.29. The van der Waals surface area contributed by atoms with Crippen LogP contribution in [0.15, 0.2) is 72.8 Å². The van der Waals surface area contributed by atoms with Gasteiger partial charge in [0.25, 0.3) is 0 Å². The number of rotatable bonds is 7. The SMILES string of the molecule is Cc1ccccc1[P+](CCCC[18F])(c1ccccc1C)c1ccccc1C. The Hall–Kier alpha value is -1.98. The van der Waals surface area contributed by atoms with Gasteiger partial charge in [-0.05, 0) is 68.5 Å². The van der Waals surface area contributed by atoms with Crippen LogP contribution in [0.1, 0.15) is 29.5 Å². The largest absolute Gasteiger partial charge is 0.251 e. The summed E-state index contributed by atoms with van der Waals surface area (Å²) in [6.45, 7) is 6.41. The Morgan fingerprint density at radius 3 is 1.30 bits per heavy atom. The quantitative estimate of drug-likeness (QED) is 0.368. The molecule has 3 aromatic carbocycles. The fraction of sp³-hybridized carbons (Fsp3) is 0.280. The number of halogens is 1. The summed E-state index contributed by atoms with van der Waals surface area (Å²) in [4.78, 5) is 0. The molecule has 0 radical (unpaired) electrons. The molecule has 0 saturated heterocycles. The van der Waals surface area contributed by atoms with E-state index < -0.39 is 7.26 Å². The maximum atomic E-state index is 13.0. The monoisotopic (exact) mass is 378 g/mol. The zero-order valence-electron chi connectivity index (χ0n) is 16.6. The molecule has 0 nitrogen and oxygen atoms in total. The van der Waals surface area contributed by atoms with E-state index >= 15 is 0 Å². The minimum absolute atomic E-state index is 0.241. The summed E-state index contributed by atoms with van der Waals surface area (Å²) >= 11 is 0. The highest BCUT2D eigenvalue weighted by Crippen LogP contribution is 2.57. The summed E-state index contributed by atoms with van der Waals surface area (Å²) in [5.41, 5.74) is 3.99. The van der Waals surface area contributed by atoms with Crippen LogP contribution in [0.5, 0.6) is 0 Å². The molecule has 0 atom stereocenters. The summed E-state index contributed by atoms with van der Waals surface area (Å²) in [5, 5.41) is 4.31. The van der Waals surface area contributed by atoms with Crippen molar-refractivity contribution in [3.05, 3.63) is 89.5 Å². The smallest absolute Gasteiger partial charge is 0.112 e. The third-order valence-electron chi connectivity index (χ3n) is 5.46. The van der Waals surface area contributed by atoms with Crippen LogP contribution in [0.2, 0.25) is 0 Å². The van der Waals surface area contributed by atoms with Crippen LogP contribution in [0.4, 0.5) is 4.39 Å². The van der Waals surface area contributed by atoms with Gasteiger partial charge in [-0.15, -0.1) is 0 Å². The molecule has 27 heavy (non-hydrogen) atoms. The average Bonchev–Trinajstić information content (AvgIpc) is 2.68. The second-order valence-corrected chi connectivity index (χ2v) is 10.8. The van der Waals surface area contributed by atoms with Crippen molar-refractivity contribution in [1.82, 2.24) is 0 Å². The zero-order chi connectivity index (χ0) is 19.3. The molecule has 0 aliphatic rings. The van der Waals surface area contributed by atoms with E-state index in [0.29, 0.717) is 6.42 Å². The van der Waals surface area contributed by atoms with E-state index in [-0.39, 0.29) is 6.67 Å². The van der Waals surface area contributed by atoms with E-state index in [1.165, 1.54) is 32.6 Å². The zero-order valence-corrected chi connectivity index (χ0v) is 17.5. The number of hydrogen-bond acceptors (Lipinski definition) is 0. The van der Waals surface area contributed by atoms with Gasteiger partial charge in [0.05, 0.1) is 12.8 Å². The van der Waals surface area contributed by atoms with Crippen molar-refractivity contribution >= 4 is 23.2 Å². The Morgan fingerprint density at radius 1 is 0.593 bits per heavy atom. The van der Waals surface area contributed by atoms with Gasteiger partial charge >= 0.3 is 0 Å². The first-order valence-electron chi connectivity index (χ1n) is 9.74. The van der Waals surface area contributed by atoms with Gasteiger partial charge in [-0.2, -0.15) is 0 Å². The van der Waals surface area contributed by atoms with Crippen LogP contribution in [0.3, 0.4) is 0 Å². The number of alkyl halides is 1. The van der Waals surface area contributed by atoms with Gasteiger partial charge in [-0.1, -0.05) is 54.6 Å². The molecule has 0 bridgehead atoms. The summed E-state index contributed by atoms with van der Waals surface area (Å²) in [6, 6.07) is 26.4. The molecule has 0 heterocycles. The minimum Gasteiger partial charge on any atom is -0.251 e. The van der Waals surface area contributed by atoms with Gasteiger partial charge in [0.1, 0.15) is 23.2 Å².